The Morgan fingerprint density at radius 1 is 1.13 bits per heavy atom. The second-order valence-electron chi connectivity index (χ2n) is 7.65. The third-order valence-electron chi connectivity index (χ3n) is 5.77. The van der Waals surface area contributed by atoms with Gasteiger partial charge in [-0.3, -0.25) is 9.69 Å². The van der Waals surface area contributed by atoms with Crippen LogP contribution in [0, 0.1) is 11.6 Å². The molecule has 2 aliphatic rings. The summed E-state index contributed by atoms with van der Waals surface area (Å²) in [6.45, 7) is 4.30. The number of benzene rings is 2. The fourth-order valence-electron chi connectivity index (χ4n) is 4.15. The molecule has 0 bridgehead atoms. The third-order valence-corrected chi connectivity index (χ3v) is 5.77. The fourth-order valence-corrected chi connectivity index (χ4v) is 4.15. The molecule has 0 aromatic heterocycles. The first-order valence-corrected chi connectivity index (χ1v) is 10.4. The van der Waals surface area contributed by atoms with Gasteiger partial charge in [0.2, 0.25) is 5.91 Å². The Morgan fingerprint density at radius 2 is 1.87 bits per heavy atom. The average molecular weight is 416 g/mol. The quantitative estimate of drug-likeness (QED) is 0.716. The van der Waals surface area contributed by atoms with Crippen molar-refractivity contribution in [3.63, 3.8) is 0 Å². The fraction of sp³-hybridized carbons (Fsp3) is 0.435. The molecule has 7 heteroatoms. The highest BCUT2D eigenvalue weighted by Crippen LogP contribution is 2.38. The van der Waals surface area contributed by atoms with Crippen LogP contribution in [0.4, 0.5) is 8.78 Å². The molecule has 0 aliphatic carbocycles. The molecule has 1 saturated heterocycles. The van der Waals surface area contributed by atoms with Crippen molar-refractivity contribution in [2.75, 3.05) is 32.8 Å². The first kappa shape index (κ1) is 20.6. The van der Waals surface area contributed by atoms with Crippen LogP contribution in [0.5, 0.6) is 11.5 Å². The summed E-state index contributed by atoms with van der Waals surface area (Å²) in [7, 11) is 0. The Kier molecular flexibility index (Phi) is 6.18. The summed E-state index contributed by atoms with van der Waals surface area (Å²) in [5.41, 5.74) is 1.02. The zero-order valence-corrected chi connectivity index (χ0v) is 17.1. The van der Waals surface area contributed by atoms with Gasteiger partial charge in [0, 0.05) is 18.7 Å². The lowest BCUT2D eigenvalue weighted by atomic mass is 10.0. The van der Waals surface area contributed by atoms with Gasteiger partial charge >= 0.3 is 0 Å². The normalized spacial score (nSPS) is 18.1. The van der Waals surface area contributed by atoms with Crippen molar-refractivity contribution < 1.29 is 23.0 Å². The highest BCUT2D eigenvalue weighted by atomic mass is 19.1. The van der Waals surface area contributed by atoms with Crippen LogP contribution in [-0.4, -0.2) is 48.6 Å². The van der Waals surface area contributed by atoms with E-state index < -0.39 is 11.6 Å². The molecular formula is C23H26F2N2O3. The zero-order chi connectivity index (χ0) is 21.1. The van der Waals surface area contributed by atoms with E-state index in [1.54, 1.807) is 4.90 Å². The van der Waals surface area contributed by atoms with Crippen LogP contribution in [0.25, 0.3) is 0 Å². The second kappa shape index (κ2) is 9.00. The monoisotopic (exact) mass is 416 g/mol. The SMILES string of the molecule is CCN(CC(=O)N1CCCC1c1ccc2c(c1)OCCO2)Cc1c(F)cccc1F. The minimum Gasteiger partial charge on any atom is -0.486 e. The molecular weight excluding hydrogens is 390 g/mol. The summed E-state index contributed by atoms with van der Waals surface area (Å²) < 4.78 is 39.3. The van der Waals surface area contributed by atoms with Crippen LogP contribution >= 0.6 is 0 Å². The number of ether oxygens (including phenoxy) is 2. The first-order valence-electron chi connectivity index (χ1n) is 10.4. The van der Waals surface area contributed by atoms with Crippen LogP contribution in [0.15, 0.2) is 36.4 Å². The minimum atomic E-state index is -0.587. The predicted octanol–water partition coefficient (Wildman–Crippen LogP) is 3.92. The van der Waals surface area contributed by atoms with Gasteiger partial charge in [-0.2, -0.15) is 0 Å². The van der Waals surface area contributed by atoms with E-state index in [1.807, 2.05) is 30.0 Å². The lowest BCUT2D eigenvalue weighted by Crippen LogP contribution is -2.40. The molecule has 160 valence electrons. The third kappa shape index (κ3) is 4.26. The molecule has 30 heavy (non-hydrogen) atoms. The highest BCUT2D eigenvalue weighted by Gasteiger charge is 2.31. The maximum atomic E-state index is 14.0. The lowest BCUT2D eigenvalue weighted by molar-refractivity contribution is -0.133. The van der Waals surface area contributed by atoms with Crippen molar-refractivity contribution in [3.05, 3.63) is 59.2 Å². The first-order chi connectivity index (χ1) is 14.6. The molecule has 2 aliphatic heterocycles. The molecule has 2 heterocycles. The van der Waals surface area contributed by atoms with Crippen molar-refractivity contribution in [1.82, 2.24) is 9.80 Å². The van der Waals surface area contributed by atoms with Crippen LogP contribution in [-0.2, 0) is 11.3 Å². The molecule has 0 spiro atoms. The molecule has 1 unspecified atom stereocenters. The molecule has 5 nitrogen and oxygen atoms in total. The maximum Gasteiger partial charge on any atom is 0.237 e. The number of likely N-dealkylation sites (N-methyl/N-ethyl adjacent to an activating group) is 1. The van der Waals surface area contributed by atoms with Crippen LogP contribution < -0.4 is 9.47 Å². The van der Waals surface area contributed by atoms with Crippen molar-refractivity contribution in [2.45, 2.75) is 32.4 Å². The standard InChI is InChI=1S/C23H26F2N2O3/c1-2-26(14-17-18(24)5-3-6-19(17)25)15-23(28)27-10-4-7-20(27)16-8-9-21-22(13-16)30-12-11-29-21/h3,5-6,8-9,13,20H,2,4,7,10-12,14-15H2,1H3. The zero-order valence-electron chi connectivity index (χ0n) is 17.1. The van der Waals surface area contributed by atoms with Crippen molar-refractivity contribution in [3.8, 4) is 11.5 Å². The van der Waals surface area contributed by atoms with E-state index >= 15 is 0 Å². The number of rotatable bonds is 6. The van der Waals surface area contributed by atoms with Crippen LogP contribution in [0.2, 0.25) is 0 Å². The van der Waals surface area contributed by atoms with Crippen LogP contribution in [0.1, 0.15) is 36.9 Å². The second-order valence-corrected chi connectivity index (χ2v) is 7.65. The van der Waals surface area contributed by atoms with Crippen molar-refractivity contribution in [1.29, 1.82) is 0 Å². The number of fused-ring (bicyclic) bond motifs is 1. The highest BCUT2D eigenvalue weighted by molar-refractivity contribution is 5.79. The molecule has 1 fully saturated rings. The number of likely N-dealkylation sites (tertiary alicyclic amines) is 1. The Balaban J connectivity index is 1.46. The van der Waals surface area contributed by atoms with E-state index in [0.717, 1.165) is 24.2 Å². The largest absolute Gasteiger partial charge is 0.486 e. The lowest BCUT2D eigenvalue weighted by Gasteiger charge is -2.29. The van der Waals surface area contributed by atoms with Crippen LogP contribution in [0.3, 0.4) is 0 Å². The molecule has 2 aromatic rings. The minimum absolute atomic E-state index is 0.00282. The smallest absolute Gasteiger partial charge is 0.237 e. The molecule has 2 aromatic carbocycles. The number of amides is 1. The molecule has 1 atom stereocenters. The summed E-state index contributed by atoms with van der Waals surface area (Å²) in [5.74, 6) is 0.228. The number of nitrogens with zero attached hydrogens (tertiary/aromatic N) is 2. The maximum absolute atomic E-state index is 14.0. The van der Waals surface area contributed by atoms with E-state index in [2.05, 4.69) is 0 Å². The molecule has 0 radical (unpaired) electrons. The van der Waals surface area contributed by atoms with Crippen molar-refractivity contribution >= 4 is 5.91 Å². The number of carbonyl (C=O) groups excluding carboxylic acids is 1. The predicted molar refractivity (Wildman–Crippen MR) is 108 cm³/mol. The van der Waals surface area contributed by atoms with Gasteiger partial charge in [0.15, 0.2) is 11.5 Å². The Bertz CT molecular complexity index is 901. The van der Waals surface area contributed by atoms with E-state index in [-0.39, 0.29) is 30.6 Å². The molecule has 1 amide bonds. The van der Waals surface area contributed by atoms with E-state index in [9.17, 15) is 13.6 Å². The van der Waals surface area contributed by atoms with E-state index in [0.29, 0.717) is 32.1 Å². The van der Waals surface area contributed by atoms with Gasteiger partial charge in [-0.15, -0.1) is 0 Å². The van der Waals surface area contributed by atoms with E-state index in [1.165, 1.54) is 18.2 Å². The van der Waals surface area contributed by atoms with Gasteiger partial charge in [0.05, 0.1) is 12.6 Å². The van der Waals surface area contributed by atoms with Gasteiger partial charge in [0.1, 0.15) is 24.8 Å². The number of hydrogen-bond acceptors (Lipinski definition) is 4. The number of halogens is 2. The van der Waals surface area contributed by atoms with Gasteiger partial charge in [-0.1, -0.05) is 19.1 Å². The summed E-state index contributed by atoms with van der Waals surface area (Å²) >= 11 is 0. The summed E-state index contributed by atoms with van der Waals surface area (Å²) in [6.07, 6.45) is 1.79. The Hall–Kier alpha value is -2.67. The Labute approximate surface area is 175 Å². The molecule has 0 saturated carbocycles. The number of hydrogen-bond donors (Lipinski definition) is 0. The van der Waals surface area contributed by atoms with Crippen molar-refractivity contribution in [2.24, 2.45) is 0 Å². The van der Waals surface area contributed by atoms with Gasteiger partial charge in [0.25, 0.3) is 0 Å². The van der Waals surface area contributed by atoms with Gasteiger partial charge in [-0.25, -0.2) is 8.78 Å². The average Bonchev–Trinajstić information content (AvgIpc) is 3.25. The summed E-state index contributed by atoms with van der Waals surface area (Å²) in [6, 6.07) is 9.63. The van der Waals surface area contributed by atoms with Gasteiger partial charge in [-0.05, 0) is 49.2 Å². The summed E-state index contributed by atoms with van der Waals surface area (Å²) in [5, 5.41) is 0. The number of carbonyl (C=O) groups is 1. The summed E-state index contributed by atoms with van der Waals surface area (Å²) in [4.78, 5) is 16.7. The topological polar surface area (TPSA) is 42.0 Å². The molecule has 4 rings (SSSR count). The van der Waals surface area contributed by atoms with E-state index in [4.69, 9.17) is 9.47 Å². The molecule has 0 N–H and O–H groups in total. The Morgan fingerprint density at radius 3 is 2.60 bits per heavy atom. The van der Waals surface area contributed by atoms with Gasteiger partial charge < -0.3 is 14.4 Å².